The van der Waals surface area contributed by atoms with E-state index in [9.17, 15) is 24.6 Å². The fraction of sp³-hybridized carbons (Fsp3) is 0.0800. The van der Waals surface area contributed by atoms with Crippen molar-refractivity contribution >= 4 is 40.7 Å². The van der Waals surface area contributed by atoms with Crippen molar-refractivity contribution in [1.82, 2.24) is 0 Å². The summed E-state index contributed by atoms with van der Waals surface area (Å²) in [5, 5.41) is 20.7. The summed E-state index contributed by atoms with van der Waals surface area (Å²) in [6.07, 6.45) is 0. The fourth-order valence-electron chi connectivity index (χ4n) is 3.73. The van der Waals surface area contributed by atoms with Gasteiger partial charge in [-0.15, -0.1) is 0 Å². The van der Waals surface area contributed by atoms with Crippen molar-refractivity contribution in [1.29, 1.82) is 0 Å². The number of nitrogens with zero attached hydrogens (tertiary/aromatic N) is 1. The van der Waals surface area contributed by atoms with Gasteiger partial charge in [-0.2, -0.15) is 0 Å². The maximum absolute atomic E-state index is 13.1. The lowest BCUT2D eigenvalue weighted by Crippen LogP contribution is -2.29. The normalized spacial score (nSPS) is 17.3. The summed E-state index contributed by atoms with van der Waals surface area (Å²) in [6.45, 7) is 0. The molecule has 0 bridgehead atoms. The molecule has 8 heteroatoms. The maximum Gasteiger partial charge on any atom is 0.335 e. The molecule has 0 aromatic heterocycles. The van der Waals surface area contributed by atoms with Crippen molar-refractivity contribution in [2.24, 2.45) is 0 Å². The molecule has 1 aliphatic rings. The van der Waals surface area contributed by atoms with Gasteiger partial charge in [-0.05, 0) is 66.2 Å². The molecule has 4 rings (SSSR count). The Kier molecular flexibility index (Phi) is 5.89. The van der Waals surface area contributed by atoms with Crippen LogP contribution in [0.25, 0.3) is 5.76 Å². The van der Waals surface area contributed by atoms with Crippen LogP contribution < -0.4 is 9.64 Å². The van der Waals surface area contributed by atoms with E-state index in [1.807, 2.05) is 0 Å². The van der Waals surface area contributed by atoms with Crippen LogP contribution in [0.15, 0.2) is 78.4 Å². The molecular formula is C25H18ClNO6. The Morgan fingerprint density at radius 2 is 1.45 bits per heavy atom. The number of aliphatic hydroxyl groups excluding tert-OH is 1. The number of carboxylic acids is 1. The first kappa shape index (κ1) is 22.1. The van der Waals surface area contributed by atoms with Crippen molar-refractivity contribution < 1.29 is 29.3 Å². The van der Waals surface area contributed by atoms with Gasteiger partial charge >= 0.3 is 5.97 Å². The van der Waals surface area contributed by atoms with Crippen LogP contribution in [0.5, 0.6) is 5.75 Å². The number of aromatic carboxylic acids is 1. The zero-order valence-corrected chi connectivity index (χ0v) is 18.1. The van der Waals surface area contributed by atoms with E-state index in [-0.39, 0.29) is 16.9 Å². The van der Waals surface area contributed by atoms with Crippen molar-refractivity contribution in [3.8, 4) is 5.75 Å². The summed E-state index contributed by atoms with van der Waals surface area (Å²) in [7, 11) is 1.52. The largest absolute Gasteiger partial charge is 0.507 e. The van der Waals surface area contributed by atoms with Crippen LogP contribution in [-0.4, -0.2) is 35.0 Å². The van der Waals surface area contributed by atoms with Gasteiger partial charge in [0.05, 0.1) is 24.3 Å². The van der Waals surface area contributed by atoms with E-state index in [0.717, 1.165) is 0 Å². The Morgan fingerprint density at radius 3 is 2.00 bits per heavy atom. The quantitative estimate of drug-likeness (QED) is 0.323. The molecule has 3 aromatic rings. The summed E-state index contributed by atoms with van der Waals surface area (Å²) in [6, 6.07) is 17.7. The van der Waals surface area contributed by atoms with Crippen LogP contribution >= 0.6 is 11.6 Å². The number of Topliss-reactive ketones (excluding diaryl/α,β-unsaturated/α-hetero) is 1. The third-order valence-electron chi connectivity index (χ3n) is 5.39. The number of amides is 1. The van der Waals surface area contributed by atoms with E-state index in [0.29, 0.717) is 27.6 Å². The Morgan fingerprint density at radius 1 is 0.879 bits per heavy atom. The number of ether oxygens (including phenoxy) is 1. The number of methoxy groups -OCH3 is 1. The van der Waals surface area contributed by atoms with Gasteiger partial charge in [0.15, 0.2) is 0 Å². The summed E-state index contributed by atoms with van der Waals surface area (Å²) < 4.78 is 5.20. The molecule has 2 N–H and O–H groups in total. The number of anilines is 1. The molecule has 1 atom stereocenters. The fourth-order valence-corrected chi connectivity index (χ4v) is 3.85. The first-order valence-electron chi connectivity index (χ1n) is 9.86. The van der Waals surface area contributed by atoms with E-state index in [2.05, 4.69) is 0 Å². The molecule has 7 nitrogen and oxygen atoms in total. The molecule has 0 radical (unpaired) electrons. The molecule has 1 heterocycles. The van der Waals surface area contributed by atoms with Crippen LogP contribution in [0, 0.1) is 0 Å². The van der Waals surface area contributed by atoms with Crippen molar-refractivity contribution in [2.75, 3.05) is 12.0 Å². The van der Waals surface area contributed by atoms with E-state index in [4.69, 9.17) is 16.3 Å². The van der Waals surface area contributed by atoms with Crippen LogP contribution in [0.1, 0.15) is 27.5 Å². The molecule has 166 valence electrons. The number of hydrogen-bond donors (Lipinski definition) is 2. The minimum Gasteiger partial charge on any atom is -0.507 e. The van der Waals surface area contributed by atoms with Gasteiger partial charge in [0.2, 0.25) is 0 Å². The third kappa shape index (κ3) is 4.06. The molecule has 0 spiro atoms. The lowest BCUT2D eigenvalue weighted by molar-refractivity contribution is -0.132. The maximum atomic E-state index is 13.1. The molecule has 1 saturated heterocycles. The molecule has 3 aromatic carbocycles. The highest BCUT2D eigenvalue weighted by molar-refractivity contribution is 6.51. The SMILES string of the molecule is COc1ccc(C2/C(=C(\O)c3ccc(Cl)cc3)C(=O)C(=O)N2c2ccc(C(=O)O)cc2)cc1. The minimum absolute atomic E-state index is 0.0393. The van der Waals surface area contributed by atoms with Crippen molar-refractivity contribution in [3.63, 3.8) is 0 Å². The lowest BCUT2D eigenvalue weighted by atomic mass is 9.95. The van der Waals surface area contributed by atoms with Crippen molar-refractivity contribution in [3.05, 3.63) is 100 Å². The molecule has 0 saturated carbocycles. The summed E-state index contributed by atoms with van der Waals surface area (Å²) in [5.41, 5.74) is 1.16. The number of carbonyl (C=O) groups is 3. The second kappa shape index (κ2) is 8.80. The van der Waals surface area contributed by atoms with Gasteiger partial charge in [0, 0.05) is 16.3 Å². The molecular weight excluding hydrogens is 446 g/mol. The van der Waals surface area contributed by atoms with Crippen LogP contribution in [0.4, 0.5) is 5.69 Å². The number of aliphatic hydroxyl groups is 1. The standard InChI is InChI=1S/C25H18ClNO6/c1-33-19-12-6-14(7-13-19)21-20(22(28)15-2-8-17(26)9-3-15)23(29)24(30)27(21)18-10-4-16(5-11-18)25(31)32/h2-13,21,28H,1H3,(H,31,32)/b22-20+. The Labute approximate surface area is 194 Å². The lowest BCUT2D eigenvalue weighted by Gasteiger charge is -2.25. The van der Waals surface area contributed by atoms with Gasteiger partial charge < -0.3 is 14.9 Å². The predicted octanol–water partition coefficient (Wildman–Crippen LogP) is 4.67. The van der Waals surface area contributed by atoms with Gasteiger partial charge in [0.25, 0.3) is 11.7 Å². The first-order chi connectivity index (χ1) is 15.8. The van der Waals surface area contributed by atoms with Gasteiger partial charge in [-0.1, -0.05) is 23.7 Å². The topological polar surface area (TPSA) is 104 Å². The average molecular weight is 464 g/mol. The number of carboxylic acid groups (broad SMARTS) is 1. The van der Waals surface area contributed by atoms with E-state index >= 15 is 0 Å². The average Bonchev–Trinajstić information content (AvgIpc) is 3.09. The van der Waals surface area contributed by atoms with Crippen LogP contribution in [-0.2, 0) is 9.59 Å². The summed E-state index contributed by atoms with van der Waals surface area (Å²) >= 11 is 5.94. The summed E-state index contributed by atoms with van der Waals surface area (Å²) in [4.78, 5) is 38.7. The predicted molar refractivity (Wildman–Crippen MR) is 123 cm³/mol. The zero-order chi connectivity index (χ0) is 23.7. The highest BCUT2D eigenvalue weighted by atomic mass is 35.5. The van der Waals surface area contributed by atoms with Crippen LogP contribution in [0.3, 0.4) is 0 Å². The second-order valence-corrected chi connectivity index (χ2v) is 7.74. The Hall–Kier alpha value is -4.10. The highest BCUT2D eigenvalue weighted by Crippen LogP contribution is 2.42. The monoisotopic (exact) mass is 463 g/mol. The number of halogens is 1. The molecule has 1 fully saturated rings. The zero-order valence-electron chi connectivity index (χ0n) is 17.4. The van der Waals surface area contributed by atoms with Gasteiger partial charge in [-0.25, -0.2) is 4.79 Å². The summed E-state index contributed by atoms with van der Waals surface area (Å²) in [5.74, 6) is -2.56. The molecule has 0 aliphatic carbocycles. The molecule has 33 heavy (non-hydrogen) atoms. The number of carbonyl (C=O) groups excluding carboxylic acids is 2. The molecule has 1 aliphatic heterocycles. The third-order valence-corrected chi connectivity index (χ3v) is 5.64. The van der Waals surface area contributed by atoms with E-state index in [1.54, 1.807) is 48.5 Å². The number of ketones is 1. The first-order valence-corrected chi connectivity index (χ1v) is 10.2. The minimum atomic E-state index is -1.11. The number of benzene rings is 3. The van der Waals surface area contributed by atoms with Crippen LogP contribution in [0.2, 0.25) is 5.02 Å². The molecule has 1 amide bonds. The Bertz CT molecular complexity index is 1260. The molecule has 1 unspecified atom stereocenters. The second-order valence-electron chi connectivity index (χ2n) is 7.30. The highest BCUT2D eigenvalue weighted by Gasteiger charge is 2.47. The number of rotatable bonds is 5. The Balaban J connectivity index is 1.90. The van der Waals surface area contributed by atoms with Crippen molar-refractivity contribution in [2.45, 2.75) is 6.04 Å². The van der Waals surface area contributed by atoms with Gasteiger partial charge in [0.1, 0.15) is 11.5 Å². The number of hydrogen-bond acceptors (Lipinski definition) is 5. The smallest absolute Gasteiger partial charge is 0.335 e. The van der Waals surface area contributed by atoms with E-state index in [1.165, 1.54) is 36.3 Å². The van der Waals surface area contributed by atoms with E-state index < -0.39 is 23.7 Å². The van der Waals surface area contributed by atoms with Gasteiger partial charge in [-0.3, -0.25) is 14.5 Å².